The fourth-order valence-corrected chi connectivity index (χ4v) is 3.59. The number of alkyl halides is 3. The lowest BCUT2D eigenvalue weighted by Crippen LogP contribution is -2.50. The molecule has 0 aromatic carbocycles. The number of halogens is 3. The van der Waals surface area contributed by atoms with Crippen molar-refractivity contribution in [1.29, 1.82) is 0 Å². The van der Waals surface area contributed by atoms with E-state index in [0.717, 1.165) is 32.5 Å². The maximum Gasteiger partial charge on any atom is 0.422 e. The lowest BCUT2D eigenvalue weighted by molar-refractivity contribution is -0.154. The summed E-state index contributed by atoms with van der Waals surface area (Å²) in [6.45, 7) is 1.50. The predicted octanol–water partition coefficient (Wildman–Crippen LogP) is 2.48. The summed E-state index contributed by atoms with van der Waals surface area (Å²) in [5.41, 5.74) is 0.291. The van der Waals surface area contributed by atoms with Crippen LogP contribution in [0.15, 0.2) is 12.4 Å². The molecular formula is C15H21F3N4O. The van der Waals surface area contributed by atoms with E-state index in [1.54, 1.807) is 0 Å². The van der Waals surface area contributed by atoms with Gasteiger partial charge in [0.25, 0.3) is 0 Å². The van der Waals surface area contributed by atoms with E-state index in [4.69, 9.17) is 4.74 Å². The van der Waals surface area contributed by atoms with E-state index in [-0.39, 0.29) is 5.88 Å². The third kappa shape index (κ3) is 3.68. The number of rotatable bonds is 3. The molecule has 0 amide bonds. The number of hydrogen-bond donors (Lipinski definition) is 0. The summed E-state index contributed by atoms with van der Waals surface area (Å²) in [5.74, 6) is 0.596. The van der Waals surface area contributed by atoms with Crippen molar-refractivity contribution in [2.75, 3.05) is 38.2 Å². The van der Waals surface area contributed by atoms with Crippen molar-refractivity contribution in [2.24, 2.45) is 0 Å². The highest BCUT2D eigenvalue weighted by Crippen LogP contribution is 2.38. The standard InChI is InChI=1S/C15H21F3N4O/c1-21-6-2-3-14(21)4-7-22(8-5-14)12-9-13(20-11-19-12)23-10-15(16,17)18/h9,11H,2-8,10H2,1H3. The van der Waals surface area contributed by atoms with Crippen molar-refractivity contribution in [2.45, 2.75) is 37.4 Å². The molecule has 1 aromatic rings. The summed E-state index contributed by atoms with van der Waals surface area (Å²) in [4.78, 5) is 12.5. The molecule has 23 heavy (non-hydrogen) atoms. The molecule has 0 atom stereocenters. The molecule has 0 saturated carbocycles. The van der Waals surface area contributed by atoms with Gasteiger partial charge in [0, 0.05) is 24.7 Å². The molecule has 8 heteroatoms. The maximum atomic E-state index is 12.2. The van der Waals surface area contributed by atoms with Crippen LogP contribution in [0, 0.1) is 0 Å². The molecule has 128 valence electrons. The van der Waals surface area contributed by atoms with E-state index >= 15 is 0 Å². The number of hydrogen-bond acceptors (Lipinski definition) is 5. The van der Waals surface area contributed by atoms with E-state index in [1.807, 2.05) is 0 Å². The van der Waals surface area contributed by atoms with Crippen LogP contribution in [0.25, 0.3) is 0 Å². The molecule has 0 N–H and O–H groups in total. The zero-order valence-corrected chi connectivity index (χ0v) is 13.1. The molecular weight excluding hydrogens is 309 g/mol. The third-order valence-corrected chi connectivity index (χ3v) is 4.97. The van der Waals surface area contributed by atoms with Gasteiger partial charge in [-0.15, -0.1) is 0 Å². The van der Waals surface area contributed by atoms with E-state index < -0.39 is 12.8 Å². The molecule has 1 spiro atoms. The molecule has 0 bridgehead atoms. The van der Waals surface area contributed by atoms with Crippen LogP contribution in [-0.2, 0) is 0 Å². The van der Waals surface area contributed by atoms with Crippen molar-refractivity contribution in [3.05, 3.63) is 12.4 Å². The Morgan fingerprint density at radius 2 is 1.91 bits per heavy atom. The van der Waals surface area contributed by atoms with Crippen LogP contribution in [-0.4, -0.2) is 59.9 Å². The second kappa shape index (κ2) is 6.14. The Kier molecular flexibility index (Phi) is 4.35. The zero-order chi connectivity index (χ0) is 16.5. The zero-order valence-electron chi connectivity index (χ0n) is 13.1. The first kappa shape index (κ1) is 16.3. The minimum Gasteiger partial charge on any atom is -0.468 e. The van der Waals surface area contributed by atoms with Crippen LogP contribution in [0.3, 0.4) is 0 Å². The average Bonchev–Trinajstić information content (AvgIpc) is 2.86. The Balaban J connectivity index is 1.62. The van der Waals surface area contributed by atoms with Gasteiger partial charge in [-0.25, -0.2) is 9.97 Å². The monoisotopic (exact) mass is 330 g/mol. The van der Waals surface area contributed by atoms with Gasteiger partial charge < -0.3 is 14.5 Å². The van der Waals surface area contributed by atoms with Gasteiger partial charge in [0.15, 0.2) is 6.61 Å². The highest BCUT2D eigenvalue weighted by Gasteiger charge is 2.41. The van der Waals surface area contributed by atoms with E-state index in [1.165, 1.54) is 25.2 Å². The lowest BCUT2D eigenvalue weighted by Gasteiger charge is -2.44. The molecule has 0 unspecified atom stereocenters. The normalized spacial score (nSPS) is 21.8. The summed E-state index contributed by atoms with van der Waals surface area (Å²) in [6, 6.07) is 1.49. The highest BCUT2D eigenvalue weighted by molar-refractivity contribution is 5.41. The number of piperidine rings is 1. The smallest absolute Gasteiger partial charge is 0.422 e. The van der Waals surface area contributed by atoms with Gasteiger partial charge in [0.2, 0.25) is 5.88 Å². The summed E-state index contributed by atoms with van der Waals surface area (Å²) < 4.78 is 41.4. The first-order valence-corrected chi connectivity index (χ1v) is 7.86. The van der Waals surface area contributed by atoms with Gasteiger partial charge in [0.1, 0.15) is 12.1 Å². The Hall–Kier alpha value is -1.57. The van der Waals surface area contributed by atoms with Crippen molar-refractivity contribution in [3.8, 4) is 5.88 Å². The third-order valence-electron chi connectivity index (χ3n) is 4.97. The molecule has 2 aliphatic rings. The van der Waals surface area contributed by atoms with Gasteiger partial charge >= 0.3 is 6.18 Å². The number of ether oxygens (including phenoxy) is 1. The molecule has 2 aliphatic heterocycles. The molecule has 2 fully saturated rings. The largest absolute Gasteiger partial charge is 0.468 e. The fourth-order valence-electron chi connectivity index (χ4n) is 3.59. The topological polar surface area (TPSA) is 41.5 Å². The Bertz CT molecular complexity index is 544. The Morgan fingerprint density at radius 3 is 2.52 bits per heavy atom. The van der Waals surface area contributed by atoms with E-state index in [2.05, 4.69) is 26.8 Å². The number of likely N-dealkylation sites (tertiary alicyclic amines) is 1. The van der Waals surface area contributed by atoms with Crippen LogP contribution >= 0.6 is 0 Å². The maximum absolute atomic E-state index is 12.2. The number of nitrogens with zero attached hydrogens (tertiary/aromatic N) is 4. The quantitative estimate of drug-likeness (QED) is 0.852. The van der Waals surface area contributed by atoms with Crippen molar-refractivity contribution >= 4 is 5.82 Å². The summed E-state index contributed by atoms with van der Waals surface area (Å²) in [6.07, 6.45) is 1.45. The molecule has 5 nitrogen and oxygen atoms in total. The van der Waals surface area contributed by atoms with Crippen LogP contribution in [0.1, 0.15) is 25.7 Å². The number of aromatic nitrogens is 2. The lowest BCUT2D eigenvalue weighted by atomic mass is 9.85. The van der Waals surface area contributed by atoms with Gasteiger partial charge in [-0.2, -0.15) is 13.2 Å². The van der Waals surface area contributed by atoms with Crippen LogP contribution in [0.2, 0.25) is 0 Å². The van der Waals surface area contributed by atoms with Crippen LogP contribution in [0.4, 0.5) is 19.0 Å². The summed E-state index contributed by atoms with van der Waals surface area (Å²) in [5, 5.41) is 0. The molecule has 0 radical (unpaired) electrons. The van der Waals surface area contributed by atoms with Gasteiger partial charge in [-0.1, -0.05) is 0 Å². The van der Waals surface area contributed by atoms with Crippen molar-refractivity contribution in [3.63, 3.8) is 0 Å². The molecule has 2 saturated heterocycles. The minimum atomic E-state index is -4.37. The average molecular weight is 330 g/mol. The number of anilines is 1. The SMILES string of the molecule is CN1CCCC12CCN(c1cc(OCC(F)(F)F)ncn1)CC2. The molecule has 3 rings (SSSR count). The van der Waals surface area contributed by atoms with Crippen molar-refractivity contribution in [1.82, 2.24) is 14.9 Å². The summed E-state index contributed by atoms with van der Waals surface area (Å²) >= 11 is 0. The highest BCUT2D eigenvalue weighted by atomic mass is 19.4. The second-order valence-corrected chi connectivity index (χ2v) is 6.35. The Morgan fingerprint density at radius 1 is 1.17 bits per heavy atom. The predicted molar refractivity (Wildman–Crippen MR) is 79.6 cm³/mol. The molecule has 0 aliphatic carbocycles. The molecule has 3 heterocycles. The first-order valence-electron chi connectivity index (χ1n) is 7.86. The summed E-state index contributed by atoms with van der Waals surface area (Å²) in [7, 11) is 2.18. The second-order valence-electron chi connectivity index (χ2n) is 6.35. The van der Waals surface area contributed by atoms with Crippen LogP contribution in [0.5, 0.6) is 5.88 Å². The van der Waals surface area contributed by atoms with Crippen molar-refractivity contribution < 1.29 is 17.9 Å². The fraction of sp³-hybridized carbons (Fsp3) is 0.733. The van der Waals surface area contributed by atoms with E-state index in [0.29, 0.717) is 11.4 Å². The van der Waals surface area contributed by atoms with Gasteiger partial charge in [-0.05, 0) is 39.3 Å². The molecule has 1 aromatic heterocycles. The minimum absolute atomic E-state index is 0.0365. The van der Waals surface area contributed by atoms with E-state index in [9.17, 15) is 13.2 Å². The Labute approximate surface area is 133 Å². The van der Waals surface area contributed by atoms with Gasteiger partial charge in [0.05, 0.1) is 0 Å². The first-order chi connectivity index (χ1) is 10.9. The van der Waals surface area contributed by atoms with Crippen LogP contribution < -0.4 is 9.64 Å². The van der Waals surface area contributed by atoms with Gasteiger partial charge in [-0.3, -0.25) is 0 Å².